The molecule has 3 heteroatoms. The zero-order valence-corrected chi connectivity index (χ0v) is 11.0. The van der Waals surface area contributed by atoms with Crippen LogP contribution in [0.15, 0.2) is 30.3 Å². The number of pyridine rings is 1. The molecule has 1 heterocycles. The Morgan fingerprint density at radius 3 is 2.56 bits per heavy atom. The van der Waals surface area contributed by atoms with Crippen LogP contribution in [0.2, 0.25) is 0 Å². The molecule has 94 valence electrons. The zero-order valence-electron chi connectivity index (χ0n) is 11.0. The molecule has 0 spiro atoms. The number of methoxy groups -OCH3 is 1. The van der Waals surface area contributed by atoms with Gasteiger partial charge in [0.15, 0.2) is 0 Å². The second kappa shape index (κ2) is 3.69. The van der Waals surface area contributed by atoms with E-state index in [9.17, 15) is 0 Å². The van der Waals surface area contributed by atoms with Crippen molar-refractivity contribution in [3.8, 4) is 5.88 Å². The molecule has 0 radical (unpaired) electrons. The molecule has 1 saturated carbocycles. The van der Waals surface area contributed by atoms with Crippen molar-refractivity contribution in [2.75, 3.05) is 7.11 Å². The Bertz CT molecular complexity index is 606. The highest BCUT2D eigenvalue weighted by Crippen LogP contribution is 2.59. The Balaban J connectivity index is 2.17. The minimum atomic E-state index is 0.136. The molecular weight excluding hydrogens is 224 g/mol. The average molecular weight is 242 g/mol. The number of hydrogen-bond acceptors (Lipinski definition) is 3. The minimum absolute atomic E-state index is 0.136. The topological polar surface area (TPSA) is 48.1 Å². The fourth-order valence-corrected chi connectivity index (χ4v) is 2.77. The summed E-state index contributed by atoms with van der Waals surface area (Å²) in [5.74, 6) is 1.05. The average Bonchev–Trinajstić information content (AvgIpc) is 2.86. The lowest BCUT2D eigenvalue weighted by Crippen LogP contribution is -2.06. The van der Waals surface area contributed by atoms with Crippen molar-refractivity contribution in [1.82, 2.24) is 4.98 Å². The summed E-state index contributed by atoms with van der Waals surface area (Å²) in [6.45, 7) is 4.38. The van der Waals surface area contributed by atoms with Gasteiger partial charge in [0, 0.05) is 22.9 Å². The van der Waals surface area contributed by atoms with Gasteiger partial charge in [-0.05, 0) is 17.5 Å². The molecule has 0 amide bonds. The van der Waals surface area contributed by atoms with Crippen LogP contribution in [-0.2, 0) is 0 Å². The van der Waals surface area contributed by atoms with Gasteiger partial charge in [0.05, 0.1) is 12.6 Å². The Morgan fingerprint density at radius 2 is 1.94 bits per heavy atom. The van der Waals surface area contributed by atoms with Crippen LogP contribution in [0.1, 0.15) is 25.3 Å². The quantitative estimate of drug-likeness (QED) is 0.880. The van der Waals surface area contributed by atoms with E-state index in [1.54, 1.807) is 7.11 Å². The van der Waals surface area contributed by atoms with Gasteiger partial charge < -0.3 is 10.5 Å². The maximum atomic E-state index is 6.16. The number of fused-ring (bicyclic) bond motifs is 1. The number of rotatable bonds is 2. The summed E-state index contributed by atoms with van der Waals surface area (Å²) >= 11 is 0. The van der Waals surface area contributed by atoms with E-state index in [1.165, 1.54) is 0 Å². The van der Waals surface area contributed by atoms with E-state index < -0.39 is 0 Å². The lowest BCUT2D eigenvalue weighted by Gasteiger charge is -2.10. The van der Waals surface area contributed by atoms with E-state index in [0.717, 1.165) is 16.5 Å². The molecule has 0 saturated heterocycles. The van der Waals surface area contributed by atoms with E-state index in [-0.39, 0.29) is 11.5 Å². The summed E-state index contributed by atoms with van der Waals surface area (Å²) in [7, 11) is 1.67. The van der Waals surface area contributed by atoms with Crippen LogP contribution in [-0.4, -0.2) is 18.1 Å². The lowest BCUT2D eigenvalue weighted by molar-refractivity contribution is 0.392. The highest BCUT2D eigenvalue weighted by atomic mass is 16.5. The van der Waals surface area contributed by atoms with Crippen LogP contribution in [0.25, 0.3) is 10.9 Å². The Morgan fingerprint density at radius 1 is 1.28 bits per heavy atom. The van der Waals surface area contributed by atoms with Gasteiger partial charge in [0.25, 0.3) is 0 Å². The van der Waals surface area contributed by atoms with Crippen LogP contribution >= 0.6 is 0 Å². The summed E-state index contributed by atoms with van der Waals surface area (Å²) in [4.78, 5) is 4.58. The molecule has 1 aliphatic carbocycles. The predicted octanol–water partition coefficient (Wildman–Crippen LogP) is 2.69. The van der Waals surface area contributed by atoms with Crippen LogP contribution < -0.4 is 10.5 Å². The van der Waals surface area contributed by atoms with Gasteiger partial charge in [-0.1, -0.05) is 32.0 Å². The SMILES string of the molecule is COc1nc2ccccc2cc1C1C(N)C1(C)C. The summed E-state index contributed by atoms with van der Waals surface area (Å²) in [5.41, 5.74) is 8.39. The van der Waals surface area contributed by atoms with E-state index in [1.807, 2.05) is 18.2 Å². The van der Waals surface area contributed by atoms with Crippen molar-refractivity contribution in [1.29, 1.82) is 0 Å². The molecule has 2 aromatic rings. The van der Waals surface area contributed by atoms with Crippen molar-refractivity contribution in [3.05, 3.63) is 35.9 Å². The monoisotopic (exact) mass is 242 g/mol. The van der Waals surface area contributed by atoms with E-state index in [4.69, 9.17) is 10.5 Å². The van der Waals surface area contributed by atoms with Crippen molar-refractivity contribution < 1.29 is 4.74 Å². The molecule has 2 N–H and O–H groups in total. The van der Waals surface area contributed by atoms with E-state index in [2.05, 4.69) is 31.0 Å². The van der Waals surface area contributed by atoms with Gasteiger partial charge >= 0.3 is 0 Å². The third-order valence-electron chi connectivity index (χ3n) is 4.16. The Hall–Kier alpha value is -1.61. The number of nitrogens with two attached hydrogens (primary N) is 1. The van der Waals surface area contributed by atoms with Crippen LogP contribution in [0.3, 0.4) is 0 Å². The summed E-state index contributed by atoms with van der Waals surface area (Å²) in [6, 6.07) is 10.4. The molecule has 1 aromatic carbocycles. The molecule has 1 fully saturated rings. The number of aromatic nitrogens is 1. The largest absolute Gasteiger partial charge is 0.481 e. The maximum absolute atomic E-state index is 6.16. The maximum Gasteiger partial charge on any atom is 0.217 e. The second-order valence-corrected chi connectivity index (χ2v) is 5.60. The molecule has 1 aliphatic rings. The first kappa shape index (κ1) is 11.5. The fraction of sp³-hybridized carbons (Fsp3) is 0.400. The van der Waals surface area contributed by atoms with Crippen molar-refractivity contribution in [3.63, 3.8) is 0 Å². The van der Waals surface area contributed by atoms with Gasteiger partial charge in [0.1, 0.15) is 0 Å². The van der Waals surface area contributed by atoms with Crippen LogP contribution in [0.5, 0.6) is 5.88 Å². The first-order valence-corrected chi connectivity index (χ1v) is 6.25. The molecule has 18 heavy (non-hydrogen) atoms. The van der Waals surface area contributed by atoms with Crippen molar-refractivity contribution in [2.45, 2.75) is 25.8 Å². The normalized spacial score (nSPS) is 25.1. The third-order valence-corrected chi connectivity index (χ3v) is 4.16. The molecule has 3 rings (SSSR count). The van der Waals surface area contributed by atoms with Gasteiger partial charge in [-0.3, -0.25) is 0 Å². The van der Waals surface area contributed by atoms with Gasteiger partial charge in [-0.25, -0.2) is 4.98 Å². The standard InChI is InChI=1S/C15H18N2O/c1-15(2)12(13(15)16)10-8-9-6-4-5-7-11(9)17-14(10)18-3/h4-8,12-13H,16H2,1-3H3. The third kappa shape index (κ3) is 1.51. The van der Waals surface area contributed by atoms with Crippen molar-refractivity contribution >= 4 is 10.9 Å². The molecule has 1 aromatic heterocycles. The predicted molar refractivity (Wildman–Crippen MR) is 72.8 cm³/mol. The summed E-state index contributed by atoms with van der Waals surface area (Å²) < 4.78 is 5.43. The van der Waals surface area contributed by atoms with E-state index >= 15 is 0 Å². The molecule has 2 atom stereocenters. The number of nitrogens with zero attached hydrogens (tertiary/aromatic N) is 1. The molecule has 0 aliphatic heterocycles. The first-order chi connectivity index (χ1) is 8.55. The Labute approximate surface area is 107 Å². The number of ether oxygens (including phenoxy) is 1. The van der Waals surface area contributed by atoms with Gasteiger partial charge in [-0.15, -0.1) is 0 Å². The van der Waals surface area contributed by atoms with Crippen molar-refractivity contribution in [2.24, 2.45) is 11.1 Å². The van der Waals surface area contributed by atoms with Gasteiger partial charge in [-0.2, -0.15) is 0 Å². The zero-order chi connectivity index (χ0) is 12.9. The molecule has 2 unspecified atom stereocenters. The number of hydrogen-bond donors (Lipinski definition) is 1. The minimum Gasteiger partial charge on any atom is -0.481 e. The van der Waals surface area contributed by atoms with Gasteiger partial charge in [0.2, 0.25) is 5.88 Å². The fourth-order valence-electron chi connectivity index (χ4n) is 2.77. The summed E-state index contributed by atoms with van der Waals surface area (Å²) in [5, 5.41) is 1.14. The highest BCUT2D eigenvalue weighted by molar-refractivity contribution is 5.80. The number of para-hydroxylation sites is 1. The van der Waals surface area contributed by atoms with E-state index in [0.29, 0.717) is 11.8 Å². The number of benzene rings is 1. The lowest BCUT2D eigenvalue weighted by atomic mass is 10.0. The smallest absolute Gasteiger partial charge is 0.217 e. The molecule has 3 nitrogen and oxygen atoms in total. The van der Waals surface area contributed by atoms with Crippen LogP contribution in [0.4, 0.5) is 0 Å². The molecule has 0 bridgehead atoms. The highest BCUT2D eigenvalue weighted by Gasteiger charge is 2.57. The summed E-state index contributed by atoms with van der Waals surface area (Å²) in [6.07, 6.45) is 0. The first-order valence-electron chi connectivity index (χ1n) is 6.25. The second-order valence-electron chi connectivity index (χ2n) is 5.60. The Kier molecular flexibility index (Phi) is 2.35. The molecular formula is C15H18N2O. The van der Waals surface area contributed by atoms with Crippen LogP contribution in [0, 0.1) is 5.41 Å².